The SMILES string of the molecule is CCCOc1nc(C)nc(NC(C)C)c1[N+](=O)[O-]. The fraction of sp³-hybridized carbons (Fsp3) is 0.636. The zero-order chi connectivity index (χ0) is 13.7. The summed E-state index contributed by atoms with van der Waals surface area (Å²) >= 11 is 0. The first kappa shape index (κ1) is 14.1. The molecule has 0 amide bonds. The maximum Gasteiger partial charge on any atom is 0.372 e. The van der Waals surface area contributed by atoms with Gasteiger partial charge < -0.3 is 10.1 Å². The molecule has 1 rings (SSSR count). The van der Waals surface area contributed by atoms with E-state index in [1.54, 1.807) is 6.92 Å². The van der Waals surface area contributed by atoms with Gasteiger partial charge in [-0.2, -0.15) is 4.98 Å². The van der Waals surface area contributed by atoms with Crippen LogP contribution in [0.2, 0.25) is 0 Å². The van der Waals surface area contributed by atoms with E-state index in [0.717, 1.165) is 6.42 Å². The molecule has 0 fully saturated rings. The molecule has 7 heteroatoms. The molecular weight excluding hydrogens is 236 g/mol. The van der Waals surface area contributed by atoms with Crippen LogP contribution in [-0.2, 0) is 0 Å². The lowest BCUT2D eigenvalue weighted by Crippen LogP contribution is -2.15. The van der Waals surface area contributed by atoms with Gasteiger partial charge in [-0.1, -0.05) is 6.92 Å². The number of nitro groups is 1. The van der Waals surface area contributed by atoms with Gasteiger partial charge in [-0.3, -0.25) is 10.1 Å². The van der Waals surface area contributed by atoms with Gasteiger partial charge in [0.25, 0.3) is 5.88 Å². The highest BCUT2D eigenvalue weighted by molar-refractivity contribution is 5.62. The summed E-state index contributed by atoms with van der Waals surface area (Å²) in [7, 11) is 0. The Morgan fingerprint density at radius 1 is 1.44 bits per heavy atom. The van der Waals surface area contributed by atoms with Gasteiger partial charge in [-0.05, 0) is 27.2 Å². The topological polar surface area (TPSA) is 90.2 Å². The van der Waals surface area contributed by atoms with Crippen LogP contribution >= 0.6 is 0 Å². The van der Waals surface area contributed by atoms with E-state index in [9.17, 15) is 10.1 Å². The number of nitrogens with zero attached hydrogens (tertiary/aromatic N) is 3. The third-order valence-electron chi connectivity index (χ3n) is 2.01. The van der Waals surface area contributed by atoms with Crippen LogP contribution in [-0.4, -0.2) is 27.5 Å². The molecule has 7 nitrogen and oxygen atoms in total. The lowest BCUT2D eigenvalue weighted by Gasteiger charge is -2.12. The summed E-state index contributed by atoms with van der Waals surface area (Å²) in [6, 6.07) is 0.0389. The van der Waals surface area contributed by atoms with E-state index in [2.05, 4.69) is 15.3 Å². The summed E-state index contributed by atoms with van der Waals surface area (Å²) in [6.45, 7) is 7.75. The number of hydrogen-bond donors (Lipinski definition) is 1. The maximum absolute atomic E-state index is 11.1. The molecule has 0 aliphatic rings. The van der Waals surface area contributed by atoms with Crippen molar-refractivity contribution >= 4 is 11.5 Å². The van der Waals surface area contributed by atoms with Crippen LogP contribution in [0, 0.1) is 17.0 Å². The summed E-state index contributed by atoms with van der Waals surface area (Å²) in [6.07, 6.45) is 0.757. The Morgan fingerprint density at radius 3 is 2.61 bits per heavy atom. The molecule has 0 radical (unpaired) electrons. The first-order valence-electron chi connectivity index (χ1n) is 5.88. The fourth-order valence-electron chi connectivity index (χ4n) is 1.38. The summed E-state index contributed by atoms with van der Waals surface area (Å²) in [5, 5.41) is 14.0. The third kappa shape index (κ3) is 3.54. The Kier molecular flexibility index (Phi) is 4.82. The summed E-state index contributed by atoms with van der Waals surface area (Å²) in [5.41, 5.74) is -0.206. The van der Waals surface area contributed by atoms with Crippen molar-refractivity contribution in [2.75, 3.05) is 11.9 Å². The second-order valence-electron chi connectivity index (χ2n) is 4.18. The second kappa shape index (κ2) is 6.13. The third-order valence-corrected chi connectivity index (χ3v) is 2.01. The molecule has 0 aliphatic carbocycles. The molecule has 1 heterocycles. The number of anilines is 1. The lowest BCUT2D eigenvalue weighted by molar-refractivity contribution is -0.385. The number of ether oxygens (including phenoxy) is 1. The first-order chi connectivity index (χ1) is 8.45. The van der Waals surface area contributed by atoms with E-state index in [1.807, 2.05) is 20.8 Å². The van der Waals surface area contributed by atoms with E-state index < -0.39 is 4.92 Å². The molecule has 1 aromatic heterocycles. The fourth-order valence-corrected chi connectivity index (χ4v) is 1.38. The lowest BCUT2D eigenvalue weighted by atomic mass is 10.3. The highest BCUT2D eigenvalue weighted by atomic mass is 16.6. The van der Waals surface area contributed by atoms with Gasteiger partial charge in [0, 0.05) is 6.04 Å². The number of rotatable bonds is 6. The minimum atomic E-state index is -0.519. The molecule has 1 aromatic rings. The van der Waals surface area contributed by atoms with Crippen molar-refractivity contribution in [3.63, 3.8) is 0 Å². The molecule has 0 aromatic carbocycles. The van der Waals surface area contributed by atoms with E-state index in [4.69, 9.17) is 4.74 Å². The predicted molar refractivity (Wildman–Crippen MR) is 68.0 cm³/mol. The molecule has 0 bridgehead atoms. The minimum absolute atomic E-state index is 0.0255. The Bertz CT molecular complexity index is 435. The molecule has 0 spiro atoms. The van der Waals surface area contributed by atoms with E-state index in [0.29, 0.717) is 12.4 Å². The largest absolute Gasteiger partial charge is 0.473 e. The van der Waals surface area contributed by atoms with Crippen molar-refractivity contribution in [3.8, 4) is 5.88 Å². The molecule has 1 N–H and O–H groups in total. The van der Waals surface area contributed by atoms with Gasteiger partial charge in [-0.15, -0.1) is 0 Å². The average molecular weight is 254 g/mol. The number of hydrogen-bond acceptors (Lipinski definition) is 6. The smallest absolute Gasteiger partial charge is 0.372 e. The van der Waals surface area contributed by atoms with Crippen LogP contribution in [0.1, 0.15) is 33.0 Å². The standard InChI is InChI=1S/C11H18N4O3/c1-5-6-18-11-9(15(16)17)10(12-7(2)3)13-8(4)14-11/h7H,5-6H2,1-4H3,(H,12,13,14). The van der Waals surface area contributed by atoms with Crippen LogP contribution in [0.3, 0.4) is 0 Å². The van der Waals surface area contributed by atoms with Crippen molar-refractivity contribution in [2.45, 2.75) is 40.2 Å². The van der Waals surface area contributed by atoms with Gasteiger partial charge in [0.15, 0.2) is 0 Å². The van der Waals surface area contributed by atoms with Crippen LogP contribution < -0.4 is 10.1 Å². The normalized spacial score (nSPS) is 10.5. The Labute approximate surface area is 106 Å². The maximum atomic E-state index is 11.1. The molecule has 0 atom stereocenters. The van der Waals surface area contributed by atoms with Crippen LogP contribution in [0.15, 0.2) is 0 Å². The Morgan fingerprint density at radius 2 is 2.11 bits per heavy atom. The molecule has 0 aliphatic heterocycles. The van der Waals surface area contributed by atoms with Crippen molar-refractivity contribution < 1.29 is 9.66 Å². The average Bonchev–Trinajstić information content (AvgIpc) is 2.24. The second-order valence-corrected chi connectivity index (χ2v) is 4.18. The molecule has 18 heavy (non-hydrogen) atoms. The van der Waals surface area contributed by atoms with Crippen molar-refractivity contribution in [1.29, 1.82) is 0 Å². The van der Waals surface area contributed by atoms with Gasteiger partial charge in [0.2, 0.25) is 5.82 Å². The summed E-state index contributed by atoms with van der Waals surface area (Å²) in [4.78, 5) is 18.6. The quantitative estimate of drug-likeness (QED) is 0.618. The molecular formula is C11H18N4O3. The molecule has 0 saturated heterocycles. The van der Waals surface area contributed by atoms with Crippen LogP contribution in [0.5, 0.6) is 5.88 Å². The van der Waals surface area contributed by atoms with Crippen molar-refractivity contribution in [3.05, 3.63) is 15.9 Å². The van der Waals surface area contributed by atoms with Crippen LogP contribution in [0.4, 0.5) is 11.5 Å². The van der Waals surface area contributed by atoms with Crippen LogP contribution in [0.25, 0.3) is 0 Å². The van der Waals surface area contributed by atoms with Gasteiger partial charge in [0.05, 0.1) is 11.5 Å². The summed E-state index contributed by atoms with van der Waals surface area (Å²) in [5.74, 6) is 0.668. The van der Waals surface area contributed by atoms with E-state index >= 15 is 0 Å². The van der Waals surface area contributed by atoms with Crippen molar-refractivity contribution in [1.82, 2.24) is 9.97 Å². The highest BCUT2D eigenvalue weighted by Gasteiger charge is 2.25. The predicted octanol–water partition coefficient (Wildman–Crippen LogP) is 2.30. The summed E-state index contributed by atoms with van der Waals surface area (Å²) < 4.78 is 5.32. The number of nitrogens with one attached hydrogen (secondary N) is 1. The van der Waals surface area contributed by atoms with Crippen molar-refractivity contribution in [2.24, 2.45) is 0 Å². The van der Waals surface area contributed by atoms with E-state index in [-0.39, 0.29) is 23.4 Å². The zero-order valence-corrected chi connectivity index (χ0v) is 11.1. The van der Waals surface area contributed by atoms with E-state index in [1.165, 1.54) is 0 Å². The zero-order valence-electron chi connectivity index (χ0n) is 11.1. The van der Waals surface area contributed by atoms with Gasteiger partial charge in [0.1, 0.15) is 5.82 Å². The minimum Gasteiger partial charge on any atom is -0.473 e. The number of aryl methyl sites for hydroxylation is 1. The molecule has 100 valence electrons. The Hall–Kier alpha value is -1.92. The number of aromatic nitrogens is 2. The monoisotopic (exact) mass is 254 g/mol. The van der Waals surface area contributed by atoms with Gasteiger partial charge in [-0.25, -0.2) is 4.98 Å². The molecule has 0 unspecified atom stereocenters. The first-order valence-corrected chi connectivity index (χ1v) is 5.88. The Balaban J connectivity index is 3.22. The highest BCUT2D eigenvalue weighted by Crippen LogP contribution is 2.32. The molecule has 0 saturated carbocycles. The van der Waals surface area contributed by atoms with Gasteiger partial charge >= 0.3 is 5.69 Å².